The number of aryl methyl sites for hydroxylation is 2. The lowest BCUT2D eigenvalue weighted by Gasteiger charge is -2.07. The maximum Gasteiger partial charge on any atom is 0.419 e. The highest BCUT2D eigenvalue weighted by molar-refractivity contribution is 6.31. The van der Waals surface area contributed by atoms with E-state index in [1.807, 2.05) is 19.1 Å². The first-order valence-electron chi connectivity index (χ1n) is 7.19. The van der Waals surface area contributed by atoms with Crippen molar-refractivity contribution in [2.24, 2.45) is 0 Å². The van der Waals surface area contributed by atoms with Crippen molar-refractivity contribution in [3.05, 3.63) is 63.6 Å². The molecule has 0 aliphatic rings. The first kappa shape index (κ1) is 15.4. The molecule has 0 atom stereocenters. The largest absolute Gasteiger partial charge is 0.419 e. The number of para-hydroxylation sites is 2. The minimum absolute atomic E-state index is 0.162. The molecule has 1 amide bonds. The molecular weight excluding hydrogens is 316 g/mol. The fraction of sp³-hybridized carbons (Fsp3) is 0.176. The standard InChI is InChI=1S/C17H15ClN2O3/c1-11-6-7-12(10-13(11)18)19-16(21)8-9-20-14-4-2-3-5-15(14)23-17(20)22/h2-7,10H,8-9H2,1H3,(H,19,21). The average Bonchev–Trinajstić information content (AvgIpc) is 2.84. The quantitative estimate of drug-likeness (QED) is 0.795. The Labute approximate surface area is 137 Å². The van der Waals surface area contributed by atoms with Crippen molar-refractivity contribution in [3.63, 3.8) is 0 Å². The van der Waals surface area contributed by atoms with E-state index in [1.54, 1.807) is 30.3 Å². The highest BCUT2D eigenvalue weighted by atomic mass is 35.5. The Morgan fingerprint density at radius 1 is 1.26 bits per heavy atom. The molecular formula is C17H15ClN2O3. The van der Waals surface area contributed by atoms with Crippen LogP contribution in [-0.2, 0) is 11.3 Å². The van der Waals surface area contributed by atoms with Gasteiger partial charge in [-0.15, -0.1) is 0 Å². The second kappa shape index (κ2) is 6.30. The molecule has 0 spiro atoms. The normalized spacial score (nSPS) is 10.9. The van der Waals surface area contributed by atoms with E-state index in [1.165, 1.54) is 4.57 Å². The number of carbonyl (C=O) groups is 1. The monoisotopic (exact) mass is 330 g/mol. The summed E-state index contributed by atoms with van der Waals surface area (Å²) in [6, 6.07) is 12.5. The molecule has 5 nitrogen and oxygen atoms in total. The fourth-order valence-corrected chi connectivity index (χ4v) is 2.51. The Morgan fingerprint density at radius 3 is 2.83 bits per heavy atom. The molecule has 6 heteroatoms. The summed E-state index contributed by atoms with van der Waals surface area (Å²) < 4.78 is 6.59. The number of rotatable bonds is 4. The second-order valence-corrected chi connectivity index (χ2v) is 5.66. The Kier molecular flexibility index (Phi) is 4.21. The van der Waals surface area contributed by atoms with E-state index >= 15 is 0 Å². The summed E-state index contributed by atoms with van der Waals surface area (Å²) in [5.41, 5.74) is 2.78. The topological polar surface area (TPSA) is 64.2 Å². The van der Waals surface area contributed by atoms with Crippen molar-refractivity contribution in [1.29, 1.82) is 0 Å². The molecule has 0 bridgehead atoms. The van der Waals surface area contributed by atoms with Gasteiger partial charge in [0.25, 0.3) is 0 Å². The molecule has 2 aromatic carbocycles. The zero-order valence-corrected chi connectivity index (χ0v) is 13.3. The van der Waals surface area contributed by atoms with Gasteiger partial charge in [-0.2, -0.15) is 0 Å². The molecule has 0 aliphatic carbocycles. The van der Waals surface area contributed by atoms with Crippen LogP contribution in [0.15, 0.2) is 51.7 Å². The van der Waals surface area contributed by atoms with Gasteiger partial charge in [-0.1, -0.05) is 29.8 Å². The predicted octanol–water partition coefficient (Wildman–Crippen LogP) is 3.59. The number of hydrogen-bond donors (Lipinski definition) is 1. The summed E-state index contributed by atoms with van der Waals surface area (Å²) in [6.07, 6.45) is 0.162. The molecule has 118 valence electrons. The first-order valence-corrected chi connectivity index (χ1v) is 7.57. The summed E-state index contributed by atoms with van der Waals surface area (Å²) in [5.74, 6) is -0.653. The summed E-state index contributed by atoms with van der Waals surface area (Å²) >= 11 is 6.03. The summed E-state index contributed by atoms with van der Waals surface area (Å²) in [7, 11) is 0. The molecule has 0 fully saturated rings. The van der Waals surface area contributed by atoms with Crippen LogP contribution in [0.4, 0.5) is 5.69 Å². The lowest BCUT2D eigenvalue weighted by Crippen LogP contribution is -2.19. The molecule has 23 heavy (non-hydrogen) atoms. The molecule has 0 aliphatic heterocycles. The highest BCUT2D eigenvalue weighted by Crippen LogP contribution is 2.20. The van der Waals surface area contributed by atoms with E-state index in [2.05, 4.69) is 5.32 Å². The van der Waals surface area contributed by atoms with Crippen LogP contribution in [0.3, 0.4) is 0 Å². The number of nitrogens with zero attached hydrogens (tertiary/aromatic N) is 1. The lowest BCUT2D eigenvalue weighted by molar-refractivity contribution is -0.116. The predicted molar refractivity (Wildman–Crippen MR) is 89.9 cm³/mol. The van der Waals surface area contributed by atoms with Crippen LogP contribution in [0.1, 0.15) is 12.0 Å². The van der Waals surface area contributed by atoms with E-state index in [9.17, 15) is 9.59 Å². The van der Waals surface area contributed by atoms with Crippen LogP contribution in [-0.4, -0.2) is 10.5 Å². The van der Waals surface area contributed by atoms with Crippen molar-refractivity contribution in [2.45, 2.75) is 19.9 Å². The molecule has 0 saturated carbocycles. The molecule has 0 unspecified atom stereocenters. The SMILES string of the molecule is Cc1ccc(NC(=O)CCn2c(=O)oc3ccccc32)cc1Cl. The van der Waals surface area contributed by atoms with Crippen molar-refractivity contribution >= 4 is 34.3 Å². The van der Waals surface area contributed by atoms with Gasteiger partial charge in [0.1, 0.15) is 0 Å². The first-order chi connectivity index (χ1) is 11.0. The van der Waals surface area contributed by atoms with E-state index in [-0.39, 0.29) is 18.9 Å². The maximum atomic E-state index is 12.1. The number of amides is 1. The number of aromatic nitrogens is 1. The highest BCUT2D eigenvalue weighted by Gasteiger charge is 2.10. The van der Waals surface area contributed by atoms with E-state index in [4.69, 9.17) is 16.0 Å². The third kappa shape index (κ3) is 3.29. The minimum Gasteiger partial charge on any atom is -0.408 e. The van der Waals surface area contributed by atoms with Gasteiger partial charge >= 0.3 is 5.76 Å². The Morgan fingerprint density at radius 2 is 2.04 bits per heavy atom. The van der Waals surface area contributed by atoms with Crippen LogP contribution in [0.5, 0.6) is 0 Å². The Bertz CT molecular complexity index is 927. The lowest BCUT2D eigenvalue weighted by atomic mass is 10.2. The van der Waals surface area contributed by atoms with Crippen molar-refractivity contribution in [1.82, 2.24) is 4.57 Å². The van der Waals surface area contributed by atoms with Gasteiger partial charge in [-0.3, -0.25) is 9.36 Å². The van der Waals surface area contributed by atoms with Gasteiger partial charge in [-0.05, 0) is 36.8 Å². The smallest absolute Gasteiger partial charge is 0.408 e. The molecule has 0 saturated heterocycles. The number of carbonyl (C=O) groups excluding carboxylic acids is 1. The minimum atomic E-state index is -0.461. The van der Waals surface area contributed by atoms with E-state index < -0.39 is 5.76 Å². The third-order valence-electron chi connectivity index (χ3n) is 3.59. The Balaban J connectivity index is 1.70. The third-order valence-corrected chi connectivity index (χ3v) is 4.00. The van der Waals surface area contributed by atoms with Crippen LogP contribution >= 0.6 is 11.6 Å². The molecule has 3 aromatic rings. The number of nitrogens with one attached hydrogen (secondary N) is 1. The summed E-state index contributed by atoms with van der Waals surface area (Å²) in [5, 5.41) is 3.37. The van der Waals surface area contributed by atoms with Crippen LogP contribution in [0, 0.1) is 6.92 Å². The molecule has 0 radical (unpaired) electrons. The van der Waals surface area contributed by atoms with E-state index in [0.717, 1.165) is 5.56 Å². The molecule has 1 aromatic heterocycles. The van der Waals surface area contributed by atoms with Crippen LogP contribution in [0.25, 0.3) is 11.1 Å². The molecule has 1 N–H and O–H groups in total. The second-order valence-electron chi connectivity index (χ2n) is 5.25. The summed E-state index contributed by atoms with van der Waals surface area (Å²) in [6.45, 7) is 2.14. The van der Waals surface area contributed by atoms with Gasteiger partial charge in [0, 0.05) is 23.7 Å². The number of oxazole rings is 1. The number of benzene rings is 2. The van der Waals surface area contributed by atoms with Crippen LogP contribution < -0.4 is 11.1 Å². The van der Waals surface area contributed by atoms with Gasteiger partial charge in [0.2, 0.25) is 5.91 Å². The Hall–Kier alpha value is -2.53. The van der Waals surface area contributed by atoms with Crippen molar-refractivity contribution in [3.8, 4) is 0 Å². The van der Waals surface area contributed by atoms with Gasteiger partial charge < -0.3 is 9.73 Å². The van der Waals surface area contributed by atoms with Gasteiger partial charge in [-0.25, -0.2) is 4.79 Å². The average molecular weight is 331 g/mol. The number of hydrogen-bond acceptors (Lipinski definition) is 3. The molecule has 1 heterocycles. The van der Waals surface area contributed by atoms with E-state index in [0.29, 0.717) is 21.8 Å². The van der Waals surface area contributed by atoms with Gasteiger partial charge in [0.15, 0.2) is 5.58 Å². The maximum absolute atomic E-state index is 12.1. The van der Waals surface area contributed by atoms with Crippen molar-refractivity contribution in [2.75, 3.05) is 5.32 Å². The van der Waals surface area contributed by atoms with Gasteiger partial charge in [0.05, 0.1) is 5.52 Å². The summed E-state index contributed by atoms with van der Waals surface area (Å²) in [4.78, 5) is 23.9. The number of halogens is 1. The number of anilines is 1. The number of fused-ring (bicyclic) bond motifs is 1. The fourth-order valence-electron chi connectivity index (χ4n) is 2.33. The molecule has 3 rings (SSSR count). The zero-order valence-electron chi connectivity index (χ0n) is 12.5. The zero-order chi connectivity index (χ0) is 16.4. The van der Waals surface area contributed by atoms with Crippen LogP contribution in [0.2, 0.25) is 5.02 Å². The van der Waals surface area contributed by atoms with Crippen molar-refractivity contribution < 1.29 is 9.21 Å².